The third-order valence-corrected chi connectivity index (χ3v) is 3.44. The Kier molecular flexibility index (Phi) is 5.49. The highest BCUT2D eigenvalue weighted by Crippen LogP contribution is 2.22. The average molecular weight is 307 g/mol. The fraction of sp³-hybridized carbons (Fsp3) is 0.643. The van der Waals surface area contributed by atoms with Crippen LogP contribution in [-0.2, 0) is 4.74 Å². The molecule has 0 spiro atoms. The third kappa shape index (κ3) is 3.62. The average Bonchev–Trinajstić information content (AvgIpc) is 2.91. The van der Waals surface area contributed by atoms with Crippen molar-refractivity contribution in [1.82, 2.24) is 9.80 Å². The molecule has 0 bridgehead atoms. The summed E-state index contributed by atoms with van der Waals surface area (Å²) in [6.07, 6.45) is 7.12. The Balaban J connectivity index is 2.19. The summed E-state index contributed by atoms with van der Waals surface area (Å²) < 4.78 is 5.60. The molecular weight excluding hydrogens is 286 g/mol. The molecule has 1 unspecified atom stereocenters. The van der Waals surface area contributed by atoms with E-state index < -0.39 is 18.4 Å². The molecule has 0 aromatic rings. The summed E-state index contributed by atoms with van der Waals surface area (Å²) in [6, 6.07) is -0.547. The van der Waals surface area contributed by atoms with Crippen LogP contribution in [0, 0.1) is 12.3 Å². The van der Waals surface area contributed by atoms with Gasteiger partial charge in [0.1, 0.15) is 24.9 Å². The van der Waals surface area contributed by atoms with Crippen LogP contribution in [0.15, 0.2) is 15.0 Å². The zero-order valence-corrected chi connectivity index (χ0v) is 12.7. The van der Waals surface area contributed by atoms with Gasteiger partial charge in [-0.25, -0.2) is 4.99 Å². The number of nitrogens with zero attached hydrogens (tertiary/aromatic N) is 5. The number of aliphatic imine (C=N–C) groups is 3. The monoisotopic (exact) mass is 307 g/mol. The fourth-order valence-corrected chi connectivity index (χ4v) is 2.33. The van der Waals surface area contributed by atoms with E-state index in [4.69, 9.17) is 16.3 Å². The molecule has 8 heteroatoms. The van der Waals surface area contributed by atoms with Gasteiger partial charge in [0, 0.05) is 20.5 Å². The summed E-state index contributed by atoms with van der Waals surface area (Å²) in [4.78, 5) is 16.2. The second kappa shape index (κ2) is 7.35. The molecule has 2 N–H and O–H groups in total. The summed E-state index contributed by atoms with van der Waals surface area (Å²) in [5, 5.41) is 19.2. The fourth-order valence-electron chi connectivity index (χ4n) is 2.33. The number of ether oxygens (including phenoxy) is 1. The zero-order chi connectivity index (χ0) is 16.1. The molecular formula is C14H21N5O3. The highest BCUT2D eigenvalue weighted by atomic mass is 16.5. The highest BCUT2D eigenvalue weighted by molar-refractivity contribution is 5.95. The van der Waals surface area contributed by atoms with Crippen LogP contribution in [0.2, 0.25) is 0 Å². The van der Waals surface area contributed by atoms with Crippen molar-refractivity contribution in [3.8, 4) is 12.3 Å². The topological polar surface area (TPSA) is 93.2 Å². The largest absolute Gasteiger partial charge is 0.394 e. The van der Waals surface area contributed by atoms with Crippen molar-refractivity contribution in [3.63, 3.8) is 0 Å². The molecule has 0 aliphatic carbocycles. The van der Waals surface area contributed by atoms with E-state index in [2.05, 4.69) is 20.9 Å². The van der Waals surface area contributed by atoms with Gasteiger partial charge in [-0.3, -0.25) is 9.98 Å². The SMILES string of the molecule is C#CC1N=CN([C@@H]2O[C@H](CO)C[C@H]2O)CN=CN=C1N(C)C. The predicted octanol–water partition coefficient (Wildman–Crippen LogP) is -1.25. The van der Waals surface area contributed by atoms with Gasteiger partial charge in [-0.2, -0.15) is 0 Å². The van der Waals surface area contributed by atoms with E-state index in [1.165, 1.54) is 12.7 Å². The van der Waals surface area contributed by atoms with Gasteiger partial charge in [-0.15, -0.1) is 6.42 Å². The van der Waals surface area contributed by atoms with Crippen molar-refractivity contribution >= 4 is 18.5 Å². The number of amidine groups is 1. The second-order valence-corrected chi connectivity index (χ2v) is 5.30. The van der Waals surface area contributed by atoms with Gasteiger partial charge < -0.3 is 24.7 Å². The number of aliphatic hydroxyl groups excluding tert-OH is 2. The molecule has 8 nitrogen and oxygen atoms in total. The Hall–Kier alpha value is -1.95. The van der Waals surface area contributed by atoms with E-state index in [1.807, 2.05) is 14.1 Å². The van der Waals surface area contributed by atoms with Crippen LogP contribution in [0.3, 0.4) is 0 Å². The first-order chi connectivity index (χ1) is 10.6. The lowest BCUT2D eigenvalue weighted by Gasteiger charge is -2.27. The lowest BCUT2D eigenvalue weighted by molar-refractivity contribution is -0.0681. The van der Waals surface area contributed by atoms with Crippen molar-refractivity contribution in [3.05, 3.63) is 0 Å². The molecule has 0 aromatic heterocycles. The number of hydrogen-bond donors (Lipinski definition) is 2. The summed E-state index contributed by atoms with van der Waals surface area (Å²) >= 11 is 0. The minimum Gasteiger partial charge on any atom is -0.394 e. The number of aliphatic hydroxyl groups is 2. The normalized spacial score (nSPS) is 32.0. The van der Waals surface area contributed by atoms with Crippen molar-refractivity contribution in [2.45, 2.75) is 30.9 Å². The van der Waals surface area contributed by atoms with Gasteiger partial charge in [-0.1, -0.05) is 5.92 Å². The molecule has 0 saturated carbocycles. The molecule has 0 radical (unpaired) electrons. The van der Waals surface area contributed by atoms with Gasteiger partial charge in [0.05, 0.1) is 19.0 Å². The summed E-state index contributed by atoms with van der Waals surface area (Å²) in [7, 11) is 3.66. The molecule has 2 aliphatic heterocycles. The lowest BCUT2D eigenvalue weighted by atomic mass is 10.2. The van der Waals surface area contributed by atoms with Crippen LogP contribution < -0.4 is 0 Å². The van der Waals surface area contributed by atoms with Gasteiger partial charge in [0.25, 0.3) is 0 Å². The molecule has 2 aliphatic rings. The number of terminal acetylenes is 1. The maximum Gasteiger partial charge on any atom is 0.169 e. The molecule has 1 fully saturated rings. The van der Waals surface area contributed by atoms with Gasteiger partial charge in [-0.05, 0) is 0 Å². The van der Waals surface area contributed by atoms with Crippen LogP contribution >= 0.6 is 0 Å². The molecule has 1 saturated heterocycles. The molecule has 2 rings (SSSR count). The molecule has 0 amide bonds. The Bertz CT molecular complexity index is 511. The summed E-state index contributed by atoms with van der Waals surface area (Å²) in [6.45, 7) is 0.0908. The summed E-state index contributed by atoms with van der Waals surface area (Å²) in [5.74, 6) is 3.17. The van der Waals surface area contributed by atoms with Crippen LogP contribution in [0.1, 0.15) is 6.42 Å². The minimum atomic E-state index is -0.724. The smallest absolute Gasteiger partial charge is 0.169 e. The van der Waals surface area contributed by atoms with Crippen LogP contribution in [0.4, 0.5) is 0 Å². The molecule has 0 aromatic carbocycles. The predicted molar refractivity (Wildman–Crippen MR) is 83.8 cm³/mol. The number of likely N-dealkylation sites (N-methyl/N-ethyl adjacent to an activating group) is 1. The lowest BCUT2D eigenvalue weighted by Crippen LogP contribution is -2.41. The Morgan fingerprint density at radius 2 is 2.32 bits per heavy atom. The van der Waals surface area contributed by atoms with Crippen molar-refractivity contribution in [2.75, 3.05) is 27.4 Å². The maximum absolute atomic E-state index is 10.1. The minimum absolute atomic E-state index is 0.136. The van der Waals surface area contributed by atoms with Crippen molar-refractivity contribution < 1.29 is 14.9 Å². The van der Waals surface area contributed by atoms with Crippen molar-refractivity contribution in [2.24, 2.45) is 15.0 Å². The van der Waals surface area contributed by atoms with E-state index >= 15 is 0 Å². The standard InChI is InChI=1S/C14H21N5O3/c1-4-11-13(18(2)3)16-7-15-8-19(9-17-11)14-12(21)5-10(6-20)22-14/h1,7,9-12,14,20-21H,5-6,8H2,2-3H3/t10-,11?,12+,14+/m0/s1. The summed E-state index contributed by atoms with van der Waals surface area (Å²) in [5.41, 5.74) is 0. The third-order valence-electron chi connectivity index (χ3n) is 3.44. The van der Waals surface area contributed by atoms with Gasteiger partial charge in [0.15, 0.2) is 12.3 Å². The first-order valence-corrected chi connectivity index (χ1v) is 6.99. The van der Waals surface area contributed by atoms with Crippen LogP contribution in [0.25, 0.3) is 0 Å². The second-order valence-electron chi connectivity index (χ2n) is 5.30. The van der Waals surface area contributed by atoms with Crippen LogP contribution in [-0.4, -0.2) is 90.4 Å². The maximum atomic E-state index is 10.1. The van der Waals surface area contributed by atoms with E-state index in [-0.39, 0.29) is 19.4 Å². The zero-order valence-electron chi connectivity index (χ0n) is 12.7. The Morgan fingerprint density at radius 3 is 2.91 bits per heavy atom. The first-order valence-electron chi connectivity index (χ1n) is 6.99. The quantitative estimate of drug-likeness (QED) is 0.622. The van der Waals surface area contributed by atoms with E-state index in [9.17, 15) is 5.11 Å². The van der Waals surface area contributed by atoms with E-state index in [0.717, 1.165) is 0 Å². The molecule has 22 heavy (non-hydrogen) atoms. The van der Waals surface area contributed by atoms with Crippen molar-refractivity contribution in [1.29, 1.82) is 0 Å². The Labute approximate surface area is 129 Å². The molecule has 120 valence electrons. The highest BCUT2D eigenvalue weighted by Gasteiger charge is 2.37. The van der Waals surface area contributed by atoms with Crippen LogP contribution in [0.5, 0.6) is 0 Å². The number of rotatable bonds is 2. The van der Waals surface area contributed by atoms with Gasteiger partial charge in [0.2, 0.25) is 0 Å². The number of hydrogen-bond acceptors (Lipinski definition) is 8. The van der Waals surface area contributed by atoms with E-state index in [1.54, 1.807) is 9.80 Å². The first kappa shape index (κ1) is 16.4. The Morgan fingerprint density at radius 1 is 1.55 bits per heavy atom. The molecule has 2 heterocycles. The van der Waals surface area contributed by atoms with Gasteiger partial charge >= 0.3 is 0 Å². The molecule has 4 atom stereocenters. The van der Waals surface area contributed by atoms with E-state index in [0.29, 0.717) is 12.3 Å².